The molecule has 2 aliphatic rings. The zero-order valence-electron chi connectivity index (χ0n) is 25.6. The van der Waals surface area contributed by atoms with E-state index in [0.29, 0.717) is 25.9 Å². The zero-order valence-corrected chi connectivity index (χ0v) is 26.5. The Morgan fingerprint density at radius 1 is 1.12 bits per heavy atom. The molecule has 1 aliphatic heterocycles. The Morgan fingerprint density at radius 2 is 1.79 bits per heavy atom. The van der Waals surface area contributed by atoms with Crippen molar-refractivity contribution in [2.45, 2.75) is 85.9 Å². The molecule has 1 fully saturated rings. The van der Waals surface area contributed by atoms with Gasteiger partial charge in [0.2, 0.25) is 7.44 Å². The molecule has 1 aliphatic carbocycles. The lowest BCUT2D eigenvalue weighted by atomic mass is 9.89. The number of phenolic OH excluding ortho intramolecular Hbond substituents is 1. The van der Waals surface area contributed by atoms with Gasteiger partial charge in [-0.05, 0) is 77.3 Å². The Morgan fingerprint density at radius 3 is 2.40 bits per heavy atom. The third-order valence-electron chi connectivity index (χ3n) is 7.69. The largest absolute Gasteiger partial charge is 0.507 e. The molecule has 12 heteroatoms. The van der Waals surface area contributed by atoms with Crippen LogP contribution in [-0.2, 0) is 47.8 Å². The number of carbonyl (C=O) groups excluding carboxylic acids is 3. The number of aromatic hydroxyl groups is 1. The molecule has 0 amide bonds. The van der Waals surface area contributed by atoms with Crippen LogP contribution in [0.25, 0.3) is 0 Å². The van der Waals surface area contributed by atoms with Gasteiger partial charge in [-0.2, -0.15) is 0 Å². The summed E-state index contributed by atoms with van der Waals surface area (Å²) in [7, 11) is -3.42. The van der Waals surface area contributed by atoms with Gasteiger partial charge in [0.05, 0.1) is 13.2 Å². The van der Waals surface area contributed by atoms with Crippen molar-refractivity contribution >= 4 is 25.4 Å². The van der Waals surface area contributed by atoms with Gasteiger partial charge in [0.15, 0.2) is 0 Å². The highest BCUT2D eigenvalue weighted by molar-refractivity contribution is 7.60. The van der Waals surface area contributed by atoms with Gasteiger partial charge in [-0.1, -0.05) is 18.6 Å². The van der Waals surface area contributed by atoms with Gasteiger partial charge in [-0.25, -0.2) is 15.0 Å². The van der Waals surface area contributed by atoms with Crippen LogP contribution in [0.15, 0.2) is 11.6 Å². The summed E-state index contributed by atoms with van der Waals surface area (Å²) in [5.41, 5.74) is 4.75. The van der Waals surface area contributed by atoms with Crippen LogP contribution in [-0.4, -0.2) is 67.6 Å². The molecule has 42 heavy (non-hydrogen) atoms. The number of ether oxygens (including phenoxy) is 3. The highest BCUT2D eigenvalue weighted by Crippen LogP contribution is 2.42. The number of hydrogen-bond acceptors (Lipinski definition) is 9. The lowest BCUT2D eigenvalue weighted by molar-refractivity contribution is -0.145. The number of phenols is 1. The number of allylic oxidation sites excluding steroid dienone is 1. The fourth-order valence-electron chi connectivity index (χ4n) is 5.25. The van der Waals surface area contributed by atoms with Crippen LogP contribution in [0.1, 0.15) is 80.1 Å². The number of esters is 3. The van der Waals surface area contributed by atoms with Crippen LogP contribution in [0, 0.1) is 12.8 Å². The Bertz CT molecular complexity index is 1240. The van der Waals surface area contributed by atoms with Crippen molar-refractivity contribution in [2.24, 2.45) is 5.92 Å². The Labute approximate surface area is 248 Å². The van der Waals surface area contributed by atoms with E-state index >= 15 is 0 Å². The van der Waals surface area contributed by atoms with Crippen LogP contribution < -0.4 is 15.5 Å². The number of cyclic esters (lactones) is 1. The van der Waals surface area contributed by atoms with Gasteiger partial charge in [0.1, 0.15) is 30.0 Å². The molecule has 234 valence electrons. The lowest BCUT2D eigenvalue weighted by Crippen LogP contribution is -2.45. The van der Waals surface area contributed by atoms with Crippen molar-refractivity contribution in [2.75, 3.05) is 32.5 Å². The van der Waals surface area contributed by atoms with Gasteiger partial charge in [-0.15, -0.1) is 0 Å². The van der Waals surface area contributed by atoms with E-state index in [1.165, 1.54) is 0 Å². The van der Waals surface area contributed by atoms with E-state index in [2.05, 4.69) is 15.5 Å². The fraction of sp³-hybridized carbons (Fsp3) is 0.633. The summed E-state index contributed by atoms with van der Waals surface area (Å²) < 4.78 is 29.5. The third kappa shape index (κ3) is 8.43. The van der Waals surface area contributed by atoms with E-state index < -0.39 is 37.4 Å². The highest BCUT2D eigenvalue weighted by atomic mass is 31.2. The molecule has 0 spiro atoms. The first-order chi connectivity index (χ1) is 20.0. The van der Waals surface area contributed by atoms with E-state index in [1.54, 1.807) is 20.8 Å². The average Bonchev–Trinajstić information content (AvgIpc) is 3.71. The molecule has 3 rings (SSSR count). The van der Waals surface area contributed by atoms with Crippen molar-refractivity contribution < 1.29 is 38.3 Å². The molecule has 1 saturated carbocycles. The van der Waals surface area contributed by atoms with E-state index in [4.69, 9.17) is 14.2 Å². The van der Waals surface area contributed by atoms with Crippen molar-refractivity contribution in [3.05, 3.63) is 39.5 Å². The molecule has 0 aromatic heterocycles. The summed E-state index contributed by atoms with van der Waals surface area (Å²) in [5.74, 6) is -1.41. The van der Waals surface area contributed by atoms with E-state index in [9.17, 15) is 24.1 Å². The summed E-state index contributed by atoms with van der Waals surface area (Å²) in [6.45, 7) is 12.4. The van der Waals surface area contributed by atoms with Crippen LogP contribution in [0.3, 0.4) is 0 Å². The average molecular weight is 608 g/mol. The van der Waals surface area contributed by atoms with Gasteiger partial charge in [0, 0.05) is 30.4 Å². The second-order valence-corrected chi connectivity index (χ2v) is 13.4. The lowest BCUT2D eigenvalue weighted by Gasteiger charge is -2.28. The molecule has 4 N–H and O–H groups in total. The second-order valence-electron chi connectivity index (χ2n) is 10.9. The third-order valence-corrected chi connectivity index (χ3v) is 10.0. The maximum absolute atomic E-state index is 14.0. The van der Waals surface area contributed by atoms with Crippen molar-refractivity contribution in [3.63, 3.8) is 0 Å². The minimum atomic E-state index is -3.42. The van der Waals surface area contributed by atoms with Crippen LogP contribution in [0.2, 0.25) is 0 Å². The van der Waals surface area contributed by atoms with Crippen molar-refractivity contribution in [1.82, 2.24) is 15.5 Å². The molecule has 11 nitrogen and oxygen atoms in total. The molecule has 1 aromatic carbocycles. The van der Waals surface area contributed by atoms with E-state index in [1.807, 2.05) is 26.8 Å². The zero-order chi connectivity index (χ0) is 31.0. The SMILES string of the molecule is CCOC(=O)C(NP(=O)(CCNC/C(C)=C/Cc1c(O)c2c(c(C)c1CC)COC2=O)N[C@@H](C)C(=O)OCC)C1CC1. The number of nitrogens with one attached hydrogen (secondary N) is 3. The summed E-state index contributed by atoms with van der Waals surface area (Å²) in [6, 6.07) is -1.55. The van der Waals surface area contributed by atoms with Crippen LogP contribution in [0.5, 0.6) is 5.75 Å². The minimum Gasteiger partial charge on any atom is -0.507 e. The standard InChI is InChI=1S/C30H46N3O8P/c1-7-22-19(5)24-17-41-29(36)25(24)27(34)23(22)13-10-18(4)16-31-14-15-42(38,32-20(6)28(35)39-8-2)33-26(21-11-12-21)30(37)40-9-3/h10,20-21,26,31,34H,7-9,11-17H2,1-6H3,(H2,32,33,38)/b18-10+/t20-,26?,42?/m0/s1. The topological polar surface area (TPSA) is 152 Å². The Balaban J connectivity index is 1.66. The smallest absolute Gasteiger partial charge is 0.342 e. The van der Waals surface area contributed by atoms with Gasteiger partial charge in [-0.3, -0.25) is 14.2 Å². The molecule has 3 atom stereocenters. The first kappa shape index (κ1) is 33.8. The summed E-state index contributed by atoms with van der Waals surface area (Å²) >= 11 is 0. The molecule has 0 saturated heterocycles. The highest BCUT2D eigenvalue weighted by Gasteiger charge is 2.42. The number of rotatable bonds is 17. The molecule has 0 bridgehead atoms. The quantitative estimate of drug-likeness (QED) is 0.0675. The first-order valence-corrected chi connectivity index (χ1v) is 16.7. The minimum absolute atomic E-state index is 0.00687. The number of hydrogen-bond donors (Lipinski definition) is 4. The number of fused-ring (bicyclic) bond motifs is 1. The molecule has 0 radical (unpaired) electrons. The van der Waals surface area contributed by atoms with Crippen molar-refractivity contribution in [1.29, 1.82) is 0 Å². The molecule has 1 aromatic rings. The predicted octanol–water partition coefficient (Wildman–Crippen LogP) is 3.68. The Kier molecular flexibility index (Phi) is 12.2. The predicted molar refractivity (Wildman–Crippen MR) is 160 cm³/mol. The maximum Gasteiger partial charge on any atom is 0.342 e. The van der Waals surface area contributed by atoms with Gasteiger partial charge >= 0.3 is 17.9 Å². The number of benzene rings is 1. The van der Waals surface area contributed by atoms with Gasteiger partial charge in [0.25, 0.3) is 0 Å². The molecular weight excluding hydrogens is 561 g/mol. The molecular formula is C30H46N3O8P. The molecule has 1 heterocycles. The second kappa shape index (κ2) is 15.1. The van der Waals surface area contributed by atoms with Crippen LogP contribution in [0.4, 0.5) is 0 Å². The summed E-state index contributed by atoms with van der Waals surface area (Å²) in [4.78, 5) is 37.1. The van der Waals surface area contributed by atoms with E-state index in [-0.39, 0.29) is 43.2 Å². The van der Waals surface area contributed by atoms with Crippen molar-refractivity contribution in [3.8, 4) is 5.75 Å². The molecule has 2 unspecified atom stereocenters. The van der Waals surface area contributed by atoms with Crippen LogP contribution >= 0.6 is 7.44 Å². The fourth-order valence-corrected chi connectivity index (χ4v) is 7.55. The maximum atomic E-state index is 14.0. The monoisotopic (exact) mass is 607 g/mol. The van der Waals surface area contributed by atoms with E-state index in [0.717, 1.165) is 40.7 Å². The normalized spacial score (nSPS) is 17.7. The summed E-state index contributed by atoms with van der Waals surface area (Å²) in [5, 5.41) is 20.1. The summed E-state index contributed by atoms with van der Waals surface area (Å²) in [6.07, 6.45) is 4.98. The Hall–Kier alpha value is -2.72. The van der Waals surface area contributed by atoms with Gasteiger partial charge < -0.3 is 24.6 Å². The first-order valence-electron chi connectivity index (χ1n) is 14.8. The number of carbonyl (C=O) groups is 3.